The van der Waals surface area contributed by atoms with Gasteiger partial charge < -0.3 is 10.2 Å². The summed E-state index contributed by atoms with van der Waals surface area (Å²) in [6.07, 6.45) is 0. The first kappa shape index (κ1) is 9.80. The zero-order chi connectivity index (χ0) is 11.0. The molecule has 0 saturated carbocycles. The molecule has 2 aromatic rings. The summed E-state index contributed by atoms with van der Waals surface area (Å²) in [5.41, 5.74) is -0.155. The van der Waals surface area contributed by atoms with E-state index in [9.17, 15) is 9.90 Å². The molecule has 0 saturated heterocycles. The third-order valence-corrected chi connectivity index (χ3v) is 2.48. The number of carboxylic acid groups (broad SMARTS) is 1. The number of benzene rings is 2. The average Bonchev–Trinajstić information content (AvgIpc) is 2.19. The molecule has 0 aliphatic heterocycles. The first-order chi connectivity index (χ1) is 7.11. The van der Waals surface area contributed by atoms with Crippen LogP contribution in [0.2, 0.25) is 5.02 Å². The fraction of sp³-hybridized carbons (Fsp3) is 0. The fourth-order valence-electron chi connectivity index (χ4n) is 1.52. The summed E-state index contributed by atoms with van der Waals surface area (Å²) in [5.74, 6) is -1.57. The normalized spacial score (nSPS) is 10.5. The van der Waals surface area contributed by atoms with Gasteiger partial charge in [-0.15, -0.1) is 0 Å². The molecule has 2 rings (SSSR count). The molecule has 3 nitrogen and oxygen atoms in total. The lowest BCUT2D eigenvalue weighted by Gasteiger charge is -2.06. The van der Waals surface area contributed by atoms with E-state index in [0.29, 0.717) is 10.8 Å². The van der Waals surface area contributed by atoms with Gasteiger partial charge in [-0.1, -0.05) is 35.9 Å². The first-order valence-electron chi connectivity index (χ1n) is 4.25. The lowest BCUT2D eigenvalue weighted by atomic mass is 10.0. The summed E-state index contributed by atoms with van der Waals surface area (Å²) >= 11 is 5.72. The number of carbonyl (C=O) groups is 1. The van der Waals surface area contributed by atoms with Gasteiger partial charge in [0.2, 0.25) is 0 Å². The SMILES string of the molecule is O=C(O)c1c(O)c(Cl)cc2ccccc12. The number of hydrogen-bond donors (Lipinski definition) is 2. The van der Waals surface area contributed by atoms with Crippen LogP contribution >= 0.6 is 11.6 Å². The van der Waals surface area contributed by atoms with Crippen LogP contribution in [-0.4, -0.2) is 16.2 Å². The van der Waals surface area contributed by atoms with Gasteiger partial charge in [-0.05, 0) is 11.5 Å². The number of aromatic hydroxyl groups is 1. The molecule has 0 aromatic heterocycles. The van der Waals surface area contributed by atoms with Crippen LogP contribution in [0.3, 0.4) is 0 Å². The summed E-state index contributed by atoms with van der Waals surface area (Å²) in [7, 11) is 0. The van der Waals surface area contributed by atoms with Crippen LogP contribution in [0.15, 0.2) is 30.3 Å². The van der Waals surface area contributed by atoms with Crippen molar-refractivity contribution in [1.29, 1.82) is 0 Å². The Morgan fingerprint density at radius 1 is 1.27 bits per heavy atom. The largest absolute Gasteiger partial charge is 0.505 e. The number of phenols is 1. The first-order valence-corrected chi connectivity index (χ1v) is 4.62. The standard InChI is InChI=1S/C11H7ClO3/c12-8-5-6-3-1-2-4-7(6)9(10(8)13)11(14)15/h1-5,13H,(H,14,15). The molecular formula is C11H7ClO3. The molecular weight excluding hydrogens is 216 g/mol. The fourth-order valence-corrected chi connectivity index (χ4v) is 1.73. The quantitative estimate of drug-likeness (QED) is 0.780. The van der Waals surface area contributed by atoms with E-state index >= 15 is 0 Å². The topological polar surface area (TPSA) is 57.5 Å². The van der Waals surface area contributed by atoms with E-state index in [4.69, 9.17) is 16.7 Å². The molecule has 0 aliphatic carbocycles. The van der Waals surface area contributed by atoms with Crippen molar-refractivity contribution in [1.82, 2.24) is 0 Å². The van der Waals surface area contributed by atoms with Crippen LogP contribution in [0.25, 0.3) is 10.8 Å². The number of hydrogen-bond acceptors (Lipinski definition) is 2. The Morgan fingerprint density at radius 2 is 1.93 bits per heavy atom. The highest BCUT2D eigenvalue weighted by molar-refractivity contribution is 6.34. The molecule has 0 spiro atoms. The Kier molecular flexibility index (Phi) is 2.25. The monoisotopic (exact) mass is 222 g/mol. The minimum absolute atomic E-state index is 0.0473. The maximum atomic E-state index is 11.0. The average molecular weight is 223 g/mol. The van der Waals surface area contributed by atoms with Crippen LogP contribution < -0.4 is 0 Å². The summed E-state index contributed by atoms with van der Waals surface area (Å²) in [6, 6.07) is 8.41. The van der Waals surface area contributed by atoms with Crippen LogP contribution in [0.5, 0.6) is 5.75 Å². The van der Waals surface area contributed by atoms with E-state index in [1.807, 2.05) is 0 Å². The predicted octanol–water partition coefficient (Wildman–Crippen LogP) is 2.90. The van der Waals surface area contributed by atoms with E-state index in [1.54, 1.807) is 30.3 Å². The Balaban J connectivity index is 2.95. The summed E-state index contributed by atoms with van der Waals surface area (Å²) in [4.78, 5) is 11.0. The molecule has 0 radical (unpaired) electrons. The second-order valence-electron chi connectivity index (χ2n) is 3.11. The van der Waals surface area contributed by atoms with Crippen molar-refractivity contribution in [3.8, 4) is 5.75 Å². The molecule has 0 atom stereocenters. The molecule has 0 aliphatic rings. The molecule has 76 valence electrons. The number of fused-ring (bicyclic) bond motifs is 1. The van der Waals surface area contributed by atoms with Gasteiger partial charge in [0.05, 0.1) is 5.02 Å². The minimum atomic E-state index is -1.19. The van der Waals surface area contributed by atoms with Gasteiger partial charge in [-0.3, -0.25) is 0 Å². The highest BCUT2D eigenvalue weighted by Crippen LogP contribution is 2.34. The van der Waals surface area contributed by atoms with Crippen molar-refractivity contribution in [2.45, 2.75) is 0 Å². The van der Waals surface area contributed by atoms with Gasteiger partial charge in [0, 0.05) is 5.39 Å². The number of carboxylic acids is 1. The van der Waals surface area contributed by atoms with Crippen molar-refractivity contribution >= 4 is 28.3 Å². The summed E-state index contributed by atoms with van der Waals surface area (Å²) in [5, 5.41) is 19.7. The Labute approximate surface area is 90.5 Å². The van der Waals surface area contributed by atoms with Gasteiger partial charge in [0.25, 0.3) is 0 Å². The molecule has 0 fully saturated rings. The molecule has 4 heteroatoms. The second-order valence-corrected chi connectivity index (χ2v) is 3.52. The smallest absolute Gasteiger partial charge is 0.340 e. The van der Waals surface area contributed by atoms with Gasteiger partial charge in [-0.25, -0.2) is 4.79 Å². The molecule has 0 amide bonds. The van der Waals surface area contributed by atoms with Crippen LogP contribution in [0, 0.1) is 0 Å². The van der Waals surface area contributed by atoms with Gasteiger partial charge in [-0.2, -0.15) is 0 Å². The highest BCUT2D eigenvalue weighted by atomic mass is 35.5. The maximum Gasteiger partial charge on any atom is 0.340 e. The van der Waals surface area contributed by atoms with Crippen LogP contribution in [-0.2, 0) is 0 Å². The van der Waals surface area contributed by atoms with E-state index in [2.05, 4.69) is 0 Å². The molecule has 0 heterocycles. The third kappa shape index (κ3) is 1.51. The maximum absolute atomic E-state index is 11.0. The van der Waals surface area contributed by atoms with Crippen molar-refractivity contribution in [3.05, 3.63) is 40.9 Å². The molecule has 2 N–H and O–H groups in total. The second kappa shape index (κ2) is 3.44. The molecule has 15 heavy (non-hydrogen) atoms. The van der Waals surface area contributed by atoms with E-state index in [1.165, 1.54) is 0 Å². The van der Waals surface area contributed by atoms with Gasteiger partial charge in [0.1, 0.15) is 11.3 Å². The van der Waals surface area contributed by atoms with Gasteiger partial charge >= 0.3 is 5.97 Å². The van der Waals surface area contributed by atoms with E-state index in [-0.39, 0.29) is 16.3 Å². The highest BCUT2D eigenvalue weighted by Gasteiger charge is 2.16. The van der Waals surface area contributed by atoms with Crippen molar-refractivity contribution < 1.29 is 15.0 Å². The number of aromatic carboxylic acids is 1. The van der Waals surface area contributed by atoms with E-state index in [0.717, 1.165) is 0 Å². The summed E-state index contributed by atoms with van der Waals surface area (Å²) in [6.45, 7) is 0. The lowest BCUT2D eigenvalue weighted by Crippen LogP contribution is -1.98. The van der Waals surface area contributed by atoms with Crippen molar-refractivity contribution in [2.75, 3.05) is 0 Å². The zero-order valence-electron chi connectivity index (χ0n) is 7.57. The lowest BCUT2D eigenvalue weighted by molar-refractivity contribution is 0.0696. The Hall–Kier alpha value is -1.74. The van der Waals surface area contributed by atoms with Crippen molar-refractivity contribution in [3.63, 3.8) is 0 Å². The Morgan fingerprint density at radius 3 is 2.60 bits per heavy atom. The summed E-state index contributed by atoms with van der Waals surface area (Å²) < 4.78 is 0. The number of halogens is 1. The predicted molar refractivity (Wildman–Crippen MR) is 57.6 cm³/mol. The number of rotatable bonds is 1. The third-order valence-electron chi connectivity index (χ3n) is 2.19. The van der Waals surface area contributed by atoms with E-state index < -0.39 is 5.97 Å². The minimum Gasteiger partial charge on any atom is -0.505 e. The van der Waals surface area contributed by atoms with Crippen molar-refractivity contribution in [2.24, 2.45) is 0 Å². The van der Waals surface area contributed by atoms with Crippen LogP contribution in [0.4, 0.5) is 0 Å². The van der Waals surface area contributed by atoms with Crippen LogP contribution in [0.1, 0.15) is 10.4 Å². The molecule has 0 unspecified atom stereocenters. The Bertz CT molecular complexity index is 549. The molecule has 2 aromatic carbocycles. The zero-order valence-corrected chi connectivity index (χ0v) is 8.32. The molecule has 0 bridgehead atoms. The van der Waals surface area contributed by atoms with Gasteiger partial charge in [0.15, 0.2) is 0 Å².